The van der Waals surface area contributed by atoms with Gasteiger partial charge >= 0.3 is 12.4 Å². The van der Waals surface area contributed by atoms with E-state index in [9.17, 15) is 31.1 Å². The van der Waals surface area contributed by atoms with E-state index in [1.165, 1.54) is 33.5 Å². The lowest BCUT2D eigenvalue weighted by atomic mass is 10.1. The van der Waals surface area contributed by atoms with Crippen molar-refractivity contribution < 1.29 is 45.3 Å². The Morgan fingerprint density at radius 2 is 1.27 bits per heavy atom. The SMILES string of the molecule is COc1cc(C(=O)NNC(=S)Nc2cc(C(F)(F)F)cc(C(F)(F)F)c2)cc(OC)c1OC. The van der Waals surface area contributed by atoms with Gasteiger partial charge in [0, 0.05) is 11.3 Å². The highest BCUT2D eigenvalue weighted by molar-refractivity contribution is 7.80. The quantitative estimate of drug-likeness (QED) is 0.321. The summed E-state index contributed by atoms with van der Waals surface area (Å²) in [5.74, 6) is -0.192. The Morgan fingerprint density at radius 1 is 0.788 bits per heavy atom. The number of hydrogen-bond acceptors (Lipinski definition) is 5. The highest BCUT2D eigenvalue weighted by Crippen LogP contribution is 2.39. The van der Waals surface area contributed by atoms with E-state index < -0.39 is 40.2 Å². The van der Waals surface area contributed by atoms with Crippen molar-refractivity contribution in [1.29, 1.82) is 0 Å². The largest absolute Gasteiger partial charge is 0.493 e. The third kappa shape index (κ3) is 6.54. The Balaban J connectivity index is 2.17. The molecule has 0 aliphatic carbocycles. The van der Waals surface area contributed by atoms with Crippen molar-refractivity contribution in [2.24, 2.45) is 0 Å². The van der Waals surface area contributed by atoms with E-state index in [-0.39, 0.29) is 28.9 Å². The van der Waals surface area contributed by atoms with Crippen molar-refractivity contribution in [2.45, 2.75) is 12.4 Å². The number of hydrogen-bond donors (Lipinski definition) is 3. The molecule has 0 spiro atoms. The zero-order valence-electron chi connectivity index (χ0n) is 17.2. The highest BCUT2D eigenvalue weighted by Gasteiger charge is 2.37. The fraction of sp³-hybridized carbons (Fsp3) is 0.263. The minimum absolute atomic E-state index is 0.0200. The summed E-state index contributed by atoms with van der Waals surface area (Å²) in [6, 6.07) is 3.51. The molecule has 180 valence electrons. The zero-order chi connectivity index (χ0) is 25.0. The first-order valence-electron chi connectivity index (χ1n) is 8.77. The van der Waals surface area contributed by atoms with Crippen LogP contribution in [-0.2, 0) is 12.4 Å². The van der Waals surface area contributed by atoms with E-state index in [0.717, 1.165) is 0 Å². The number of alkyl halides is 6. The zero-order valence-corrected chi connectivity index (χ0v) is 18.0. The van der Waals surface area contributed by atoms with Crippen LogP contribution in [0.5, 0.6) is 17.2 Å². The van der Waals surface area contributed by atoms with Crippen molar-refractivity contribution in [3.63, 3.8) is 0 Å². The fourth-order valence-corrected chi connectivity index (χ4v) is 2.76. The van der Waals surface area contributed by atoms with Gasteiger partial charge in [0.25, 0.3) is 5.91 Å². The smallest absolute Gasteiger partial charge is 0.416 e. The van der Waals surface area contributed by atoms with E-state index in [0.29, 0.717) is 12.1 Å². The number of hydrazine groups is 1. The number of benzene rings is 2. The van der Waals surface area contributed by atoms with Crippen molar-refractivity contribution in [3.05, 3.63) is 47.0 Å². The van der Waals surface area contributed by atoms with Crippen LogP contribution in [0, 0.1) is 0 Å². The summed E-state index contributed by atoms with van der Waals surface area (Å²) in [5, 5.41) is 1.70. The van der Waals surface area contributed by atoms with Crippen LogP contribution in [0.3, 0.4) is 0 Å². The number of anilines is 1. The lowest BCUT2D eigenvalue weighted by molar-refractivity contribution is -0.143. The molecule has 0 bridgehead atoms. The molecule has 7 nitrogen and oxygen atoms in total. The van der Waals surface area contributed by atoms with Crippen LogP contribution < -0.4 is 30.4 Å². The molecule has 2 aromatic carbocycles. The van der Waals surface area contributed by atoms with Gasteiger partial charge in [-0.1, -0.05) is 0 Å². The average Bonchev–Trinajstić information content (AvgIpc) is 2.74. The van der Waals surface area contributed by atoms with Gasteiger partial charge < -0.3 is 19.5 Å². The van der Waals surface area contributed by atoms with Crippen LogP contribution in [0.15, 0.2) is 30.3 Å². The molecule has 0 aromatic heterocycles. The first kappa shape index (κ1) is 25.8. The third-order valence-corrected chi connectivity index (χ3v) is 4.27. The van der Waals surface area contributed by atoms with Crippen molar-refractivity contribution in [1.82, 2.24) is 10.9 Å². The second-order valence-electron chi connectivity index (χ2n) is 6.24. The number of thiocarbonyl (C=S) groups is 1. The molecule has 0 atom stereocenters. The van der Waals surface area contributed by atoms with Crippen molar-refractivity contribution in [3.8, 4) is 17.2 Å². The van der Waals surface area contributed by atoms with Crippen LogP contribution >= 0.6 is 12.2 Å². The summed E-state index contributed by atoms with van der Waals surface area (Å²) in [6.07, 6.45) is -10.0. The standard InChI is InChI=1S/C19H17F6N3O4S/c1-30-13-4-9(5-14(31-2)15(13)32-3)16(29)27-28-17(33)26-12-7-10(18(20,21)22)6-11(8-12)19(23,24)25/h4-8H,1-3H3,(H,27,29)(H2,26,28,33). The molecule has 1 amide bonds. The second-order valence-corrected chi connectivity index (χ2v) is 6.65. The first-order chi connectivity index (χ1) is 15.3. The van der Waals surface area contributed by atoms with E-state index in [1.807, 2.05) is 0 Å². The fourth-order valence-electron chi connectivity index (χ4n) is 2.59. The molecule has 0 saturated heterocycles. The van der Waals surface area contributed by atoms with Crippen LogP contribution in [0.4, 0.5) is 32.0 Å². The van der Waals surface area contributed by atoms with E-state index in [4.69, 9.17) is 26.4 Å². The van der Waals surface area contributed by atoms with Gasteiger partial charge in [0.2, 0.25) is 5.75 Å². The molecule has 3 N–H and O–H groups in total. The normalized spacial score (nSPS) is 11.4. The summed E-state index contributed by atoms with van der Waals surface area (Å²) >= 11 is 4.85. The number of carbonyl (C=O) groups excluding carboxylic acids is 1. The number of methoxy groups -OCH3 is 3. The maximum Gasteiger partial charge on any atom is 0.416 e. The number of carbonyl (C=O) groups is 1. The summed E-state index contributed by atoms with van der Waals surface area (Å²) in [4.78, 5) is 12.4. The van der Waals surface area contributed by atoms with Gasteiger partial charge in [0.1, 0.15) is 0 Å². The van der Waals surface area contributed by atoms with E-state index >= 15 is 0 Å². The first-order valence-corrected chi connectivity index (χ1v) is 9.17. The third-order valence-electron chi connectivity index (χ3n) is 4.06. The topological polar surface area (TPSA) is 80.9 Å². The number of ether oxygens (including phenoxy) is 3. The van der Waals surface area contributed by atoms with Crippen molar-refractivity contribution in [2.75, 3.05) is 26.6 Å². The van der Waals surface area contributed by atoms with Gasteiger partial charge in [-0.2, -0.15) is 26.3 Å². The van der Waals surface area contributed by atoms with E-state index in [2.05, 4.69) is 16.2 Å². The molecule has 14 heteroatoms. The monoisotopic (exact) mass is 497 g/mol. The maximum atomic E-state index is 13.0. The summed E-state index contributed by atoms with van der Waals surface area (Å²) in [6.45, 7) is 0. The summed E-state index contributed by atoms with van der Waals surface area (Å²) < 4.78 is 93.2. The maximum absolute atomic E-state index is 13.0. The summed E-state index contributed by atoms with van der Waals surface area (Å²) in [7, 11) is 4.03. The Kier molecular flexibility index (Phi) is 7.84. The second kappa shape index (κ2) is 10.0. The van der Waals surface area contributed by atoms with Gasteiger partial charge in [-0.25, -0.2) is 0 Å². The number of rotatable bonds is 5. The molecule has 0 radical (unpaired) electrons. The lowest BCUT2D eigenvalue weighted by Gasteiger charge is -2.17. The molecule has 0 aliphatic heterocycles. The molecular formula is C19H17F6N3O4S. The van der Waals surface area contributed by atoms with Crippen molar-refractivity contribution >= 4 is 28.9 Å². The number of nitrogens with one attached hydrogen (secondary N) is 3. The Labute approximate surface area is 189 Å². The molecule has 33 heavy (non-hydrogen) atoms. The van der Waals surface area contributed by atoms with Crippen LogP contribution in [-0.4, -0.2) is 32.3 Å². The number of amides is 1. The molecule has 0 unspecified atom stereocenters. The Hall–Kier alpha value is -3.42. The van der Waals surface area contributed by atoms with Gasteiger partial charge in [-0.15, -0.1) is 0 Å². The van der Waals surface area contributed by atoms with Gasteiger partial charge in [0.15, 0.2) is 16.6 Å². The minimum atomic E-state index is -5.02. The predicted octanol–water partition coefficient (Wildman–Crippen LogP) is 4.38. The minimum Gasteiger partial charge on any atom is -0.493 e. The molecular weight excluding hydrogens is 480 g/mol. The van der Waals surface area contributed by atoms with Crippen LogP contribution in [0.1, 0.15) is 21.5 Å². The highest BCUT2D eigenvalue weighted by atomic mass is 32.1. The van der Waals surface area contributed by atoms with Crippen LogP contribution in [0.2, 0.25) is 0 Å². The van der Waals surface area contributed by atoms with Gasteiger partial charge in [-0.3, -0.25) is 15.6 Å². The average molecular weight is 497 g/mol. The Morgan fingerprint density at radius 3 is 1.67 bits per heavy atom. The van der Waals surface area contributed by atoms with E-state index in [1.54, 1.807) is 0 Å². The Bertz CT molecular complexity index is 986. The molecule has 0 heterocycles. The molecule has 0 aliphatic rings. The lowest BCUT2D eigenvalue weighted by Crippen LogP contribution is -2.43. The molecule has 2 rings (SSSR count). The summed E-state index contributed by atoms with van der Waals surface area (Å²) in [5.41, 5.74) is 0.746. The van der Waals surface area contributed by atoms with Crippen LogP contribution in [0.25, 0.3) is 0 Å². The molecule has 0 saturated carbocycles. The molecule has 0 fully saturated rings. The van der Waals surface area contributed by atoms with Gasteiger partial charge in [0.05, 0.1) is 32.5 Å². The predicted molar refractivity (Wildman–Crippen MR) is 109 cm³/mol. The molecule has 2 aromatic rings. The number of halogens is 6. The van der Waals surface area contributed by atoms with Gasteiger partial charge in [-0.05, 0) is 42.5 Å².